The van der Waals surface area contributed by atoms with E-state index < -0.39 is 11.9 Å². The van der Waals surface area contributed by atoms with Gasteiger partial charge in [-0.2, -0.15) is 48.5 Å². The van der Waals surface area contributed by atoms with Crippen LogP contribution in [0.1, 0.15) is 40.3 Å². The number of alkyl halides is 3. The average Bonchev–Trinajstić information content (AvgIpc) is 1.78. The fourth-order valence-corrected chi connectivity index (χ4v) is 13.9. The minimum absolute atomic E-state index is 0.291. The molecule has 16 aromatic rings. The summed E-state index contributed by atoms with van der Waals surface area (Å²) in [4.78, 5) is 32.7. The molecule has 0 atom stereocenters. The monoisotopic (exact) mass is 1400 g/mol. The number of hydrogen-bond acceptors (Lipinski definition) is 21. The van der Waals surface area contributed by atoms with Gasteiger partial charge in [-0.05, 0) is 196 Å². The van der Waals surface area contributed by atoms with Crippen molar-refractivity contribution in [3.8, 4) is 5.69 Å². The van der Waals surface area contributed by atoms with Gasteiger partial charge in [-0.1, -0.05) is 11.6 Å². The zero-order chi connectivity index (χ0) is 68.2. The Labute approximate surface area is 580 Å². The lowest BCUT2D eigenvalue weighted by Gasteiger charge is -2.27. The summed E-state index contributed by atoms with van der Waals surface area (Å²) >= 11 is 11.3. The topological polar surface area (TPSA) is 260 Å². The number of thiophene rings is 3. The zero-order valence-corrected chi connectivity index (χ0v) is 56.9. The van der Waals surface area contributed by atoms with Crippen molar-refractivity contribution in [3.63, 3.8) is 0 Å². The van der Waals surface area contributed by atoms with Crippen molar-refractivity contribution in [2.75, 3.05) is 61.3 Å². The van der Waals surface area contributed by atoms with Gasteiger partial charge < -0.3 is 41.7 Å². The SMILES string of the molecule is CCN(CC)c1ccc(Nc2nc(Nc3ccc4[nH]ncc4c3)c3sccc3n2)cc1Cl.CCN(c1ccc(Nc2nc(Nc3ccc4[nH]ncc4c3)c3sccc3n2)cc1)C(C)C.FC(F)(F)c1ccnn1-c1ccc(Nc2nc(Nc3ccc4[nH]ncc4c3)c3sccc3n2)cc1. The van der Waals surface area contributed by atoms with E-state index in [0.29, 0.717) is 46.1 Å². The number of anilines is 14. The molecule has 0 aliphatic rings. The summed E-state index contributed by atoms with van der Waals surface area (Å²) in [6.45, 7) is 13.6. The molecule has 0 aliphatic heterocycles. The number of benzene rings is 6. The molecule has 0 bridgehead atoms. The summed E-state index contributed by atoms with van der Waals surface area (Å²) in [6, 6.07) is 46.0. The number of nitrogens with zero attached hydrogens (tertiary/aromatic N) is 13. The van der Waals surface area contributed by atoms with Crippen LogP contribution in [0.25, 0.3) is 69.0 Å². The van der Waals surface area contributed by atoms with Crippen molar-refractivity contribution in [2.45, 2.75) is 46.8 Å². The van der Waals surface area contributed by atoms with E-state index in [1.54, 1.807) is 59.3 Å². The van der Waals surface area contributed by atoms with Crippen LogP contribution in [0.5, 0.6) is 0 Å². The van der Waals surface area contributed by atoms with Crippen molar-refractivity contribution in [1.29, 1.82) is 0 Å². The molecule has 0 amide bonds. The Kier molecular flexibility index (Phi) is 18.6. The van der Waals surface area contributed by atoms with Gasteiger partial charge in [0.15, 0.2) is 17.5 Å². The van der Waals surface area contributed by atoms with E-state index in [9.17, 15) is 13.2 Å². The first-order valence-corrected chi connectivity index (χ1v) is 34.5. The number of H-pyrrole nitrogens is 3. The quantitative estimate of drug-likeness (QED) is 0.0364. The second-order valence-corrected chi connectivity index (χ2v) is 26.0. The molecule has 29 heteroatoms. The smallest absolute Gasteiger partial charge is 0.371 e. The Morgan fingerprint density at radius 1 is 0.475 bits per heavy atom. The summed E-state index contributed by atoms with van der Waals surface area (Å²) in [5, 5.41) is 54.7. The maximum absolute atomic E-state index is 13.2. The number of fused-ring (bicyclic) bond motifs is 6. The molecule has 10 heterocycles. The second kappa shape index (κ2) is 28.3. The Morgan fingerprint density at radius 3 is 1.28 bits per heavy atom. The van der Waals surface area contributed by atoms with Crippen LogP contribution in [0.4, 0.5) is 94.0 Å². The Morgan fingerprint density at radius 2 is 0.879 bits per heavy atom. The van der Waals surface area contributed by atoms with Gasteiger partial charge >= 0.3 is 6.18 Å². The van der Waals surface area contributed by atoms with Crippen LogP contribution >= 0.6 is 45.6 Å². The molecule has 10 aromatic heterocycles. The van der Waals surface area contributed by atoms with E-state index in [0.717, 1.165) is 146 Å². The maximum atomic E-state index is 13.2. The molecule has 0 unspecified atom stereocenters. The van der Waals surface area contributed by atoms with Gasteiger partial charge in [0, 0.05) is 81.6 Å². The third-order valence-electron chi connectivity index (χ3n) is 16.0. The van der Waals surface area contributed by atoms with Crippen LogP contribution in [-0.2, 0) is 6.18 Å². The third kappa shape index (κ3) is 14.5. The second-order valence-electron chi connectivity index (χ2n) is 22.8. The third-order valence-corrected chi connectivity index (χ3v) is 19.1. The lowest BCUT2D eigenvalue weighted by atomic mass is 10.2. The number of aromatic amines is 3. The first-order chi connectivity index (χ1) is 48.2. The summed E-state index contributed by atoms with van der Waals surface area (Å²) < 4.78 is 43.3. The average molecular weight is 1400 g/mol. The minimum atomic E-state index is -4.50. The van der Waals surface area contributed by atoms with Crippen molar-refractivity contribution in [3.05, 3.63) is 197 Å². The number of hydrogen-bond donors (Lipinski definition) is 9. The predicted molar refractivity (Wildman–Crippen MR) is 398 cm³/mol. The van der Waals surface area contributed by atoms with E-state index in [1.165, 1.54) is 17.0 Å². The minimum Gasteiger partial charge on any atom is -0.371 e. The van der Waals surface area contributed by atoms with E-state index >= 15 is 0 Å². The molecular weight excluding hydrogens is 1340 g/mol. The zero-order valence-electron chi connectivity index (χ0n) is 53.6. The van der Waals surface area contributed by atoms with Gasteiger partial charge in [0.2, 0.25) is 17.8 Å². The fourth-order valence-electron chi connectivity index (χ4n) is 11.3. The van der Waals surface area contributed by atoms with Gasteiger partial charge in [0.25, 0.3) is 0 Å². The Hall–Kier alpha value is -11.5. The van der Waals surface area contributed by atoms with Crippen LogP contribution in [0.2, 0.25) is 5.02 Å². The molecular formula is C70H62ClF3N22S3. The molecule has 16 rings (SSSR count). The van der Waals surface area contributed by atoms with Crippen LogP contribution in [0.15, 0.2) is 187 Å². The molecule has 0 saturated carbocycles. The van der Waals surface area contributed by atoms with E-state index in [4.69, 9.17) is 26.6 Å². The van der Waals surface area contributed by atoms with Crippen molar-refractivity contribution < 1.29 is 13.2 Å². The Balaban J connectivity index is 0.000000127. The largest absolute Gasteiger partial charge is 0.433 e. The highest BCUT2D eigenvalue weighted by atomic mass is 35.5. The molecule has 9 N–H and O–H groups in total. The molecule has 0 aliphatic carbocycles. The first kappa shape index (κ1) is 64.9. The van der Waals surface area contributed by atoms with Gasteiger partial charge in [-0.25, -0.2) is 19.6 Å². The van der Waals surface area contributed by atoms with Crippen LogP contribution < -0.4 is 41.7 Å². The molecule has 0 fully saturated rings. The van der Waals surface area contributed by atoms with Crippen LogP contribution in [0, 0.1) is 0 Å². The number of aromatic nitrogens is 14. The van der Waals surface area contributed by atoms with Gasteiger partial charge in [0.05, 0.1) is 88.4 Å². The van der Waals surface area contributed by atoms with Crippen molar-refractivity contribution >= 4 is 190 Å². The summed E-state index contributed by atoms with van der Waals surface area (Å²) in [5.74, 6) is 3.59. The van der Waals surface area contributed by atoms with Gasteiger partial charge in [0.1, 0.15) is 5.69 Å². The highest BCUT2D eigenvalue weighted by Gasteiger charge is 2.35. The van der Waals surface area contributed by atoms with E-state index in [-0.39, 0.29) is 0 Å². The molecule has 22 nitrogen and oxygen atoms in total. The molecule has 0 saturated heterocycles. The summed E-state index contributed by atoms with van der Waals surface area (Å²) in [7, 11) is 0. The number of rotatable bonds is 19. The normalized spacial score (nSPS) is 11.5. The molecule has 6 aromatic carbocycles. The summed E-state index contributed by atoms with van der Waals surface area (Å²) in [5.41, 5.74) is 12.3. The lowest BCUT2D eigenvalue weighted by molar-refractivity contribution is -0.142. The first-order valence-electron chi connectivity index (χ1n) is 31.5. The van der Waals surface area contributed by atoms with Gasteiger partial charge in [-0.15, -0.1) is 34.0 Å². The molecule has 0 spiro atoms. The predicted octanol–water partition coefficient (Wildman–Crippen LogP) is 19.1. The summed E-state index contributed by atoms with van der Waals surface area (Å²) in [6.07, 6.45) is 2.00. The molecule has 99 heavy (non-hydrogen) atoms. The Bertz CT molecular complexity index is 5460. The molecule has 498 valence electrons. The van der Waals surface area contributed by atoms with Crippen LogP contribution in [-0.4, -0.2) is 96.0 Å². The van der Waals surface area contributed by atoms with E-state index in [2.05, 4.69) is 157 Å². The fraction of sp³-hybridized carbons (Fsp3) is 0.143. The van der Waals surface area contributed by atoms with Crippen molar-refractivity contribution in [2.24, 2.45) is 0 Å². The molecule has 0 radical (unpaired) electrons. The highest BCUT2D eigenvalue weighted by Crippen LogP contribution is 2.37. The van der Waals surface area contributed by atoms with Crippen LogP contribution in [0.3, 0.4) is 0 Å². The standard InChI is InChI=1S/C24H25N7S.C23H22ClN7S.C23H15F3N8S/c1-4-31(15(2)3)19-8-5-17(6-9-19)27-24-28-21-11-12-32-22(21)23(29-24)26-18-7-10-20-16(13-18)14-25-30-20;1-3-31(4-2)20-8-6-16(12-17(20)24)27-23-28-19-9-10-32-21(19)22(29-23)26-15-5-7-18-14(11-15)13-25-30-18;24-23(25,26)19-7-9-28-34(19)16-4-1-14(2-5-16)30-22-31-18-8-10-35-20(18)21(32-22)29-15-3-6-17-13(11-15)12-27-33-17/h5-15H,4H2,1-3H3,(H,25,30)(H2,26,27,28,29);5-13H,3-4H2,1-2H3,(H,25,30)(H2,26,27,28,29);1-12H,(H,27,33)(H2,29,30,31,32). The lowest BCUT2D eigenvalue weighted by Crippen LogP contribution is -2.30. The number of halogens is 4. The number of nitrogens with one attached hydrogen (secondary N) is 9. The maximum Gasteiger partial charge on any atom is 0.433 e. The van der Waals surface area contributed by atoms with E-state index in [1.807, 2.05) is 107 Å². The van der Waals surface area contributed by atoms with Crippen molar-refractivity contribution in [1.82, 2.24) is 70.3 Å². The highest BCUT2D eigenvalue weighted by molar-refractivity contribution is 7.18. The van der Waals surface area contributed by atoms with Gasteiger partial charge in [-0.3, -0.25) is 15.3 Å².